The van der Waals surface area contributed by atoms with Crippen molar-refractivity contribution in [2.24, 2.45) is 0 Å². The number of hydrogen-bond acceptors (Lipinski definition) is 0. The standard InChI is InChI=1S/C42H50N6/c1-3-43-27-11-5-21-37(43)39-23-7-13-29-45(39)33-17-19-35-47-31-15-9-25-41(47)42-26-10-16-32-48(42)36-20-18-34-46-30-14-8-24-40(46)38-22-6-12-28-44(38)4-2/h5-16,21-32H,3-4,17-20,33-36H2,1-2H3/q+6. The lowest BCUT2D eigenvalue weighted by atomic mass is 10.2. The highest BCUT2D eigenvalue weighted by molar-refractivity contribution is 5.47. The first-order chi connectivity index (χ1) is 23.8. The van der Waals surface area contributed by atoms with E-state index in [0.717, 1.165) is 65.0 Å². The molecule has 0 amide bonds. The van der Waals surface area contributed by atoms with Gasteiger partial charge in [-0.2, -0.15) is 27.4 Å². The van der Waals surface area contributed by atoms with Crippen LogP contribution in [0, 0.1) is 0 Å². The molecule has 48 heavy (non-hydrogen) atoms. The van der Waals surface area contributed by atoms with Gasteiger partial charge in [0.1, 0.15) is 39.3 Å². The second-order valence-corrected chi connectivity index (χ2v) is 12.3. The maximum atomic E-state index is 2.43. The molecule has 0 spiro atoms. The lowest BCUT2D eigenvalue weighted by Crippen LogP contribution is -2.44. The summed E-state index contributed by atoms with van der Waals surface area (Å²) in [6, 6.07) is 39.1. The predicted molar refractivity (Wildman–Crippen MR) is 187 cm³/mol. The summed E-state index contributed by atoms with van der Waals surface area (Å²) in [4.78, 5) is 0. The highest BCUT2D eigenvalue weighted by Crippen LogP contribution is 2.14. The molecule has 0 unspecified atom stereocenters. The van der Waals surface area contributed by atoms with E-state index in [1.807, 2.05) is 0 Å². The molecule has 6 heterocycles. The topological polar surface area (TPSA) is 23.3 Å². The smallest absolute Gasteiger partial charge is 0.193 e. The van der Waals surface area contributed by atoms with Crippen molar-refractivity contribution in [1.29, 1.82) is 0 Å². The predicted octanol–water partition coefficient (Wildman–Crippen LogP) is 5.41. The van der Waals surface area contributed by atoms with Crippen LogP contribution in [-0.2, 0) is 39.3 Å². The van der Waals surface area contributed by atoms with Crippen molar-refractivity contribution in [3.8, 4) is 34.2 Å². The Morgan fingerprint density at radius 2 is 0.500 bits per heavy atom. The van der Waals surface area contributed by atoms with Gasteiger partial charge in [-0.05, 0) is 50.2 Å². The van der Waals surface area contributed by atoms with E-state index in [-0.39, 0.29) is 0 Å². The maximum Gasteiger partial charge on any atom is 0.277 e. The molecule has 0 aliphatic heterocycles. The van der Waals surface area contributed by atoms with Crippen molar-refractivity contribution < 1.29 is 27.4 Å². The Bertz CT molecular complexity index is 1790. The van der Waals surface area contributed by atoms with E-state index in [0.29, 0.717) is 0 Å². The second kappa shape index (κ2) is 16.6. The first-order valence-corrected chi connectivity index (χ1v) is 17.7. The zero-order chi connectivity index (χ0) is 33.0. The first kappa shape index (κ1) is 32.8. The highest BCUT2D eigenvalue weighted by atomic mass is 15.0. The molecule has 0 saturated carbocycles. The number of aromatic nitrogens is 6. The molecule has 0 bridgehead atoms. The molecule has 6 aromatic heterocycles. The number of aryl methyl sites for hydroxylation is 6. The molecule has 0 saturated heterocycles. The Morgan fingerprint density at radius 1 is 0.292 bits per heavy atom. The number of unbranched alkanes of at least 4 members (excludes halogenated alkanes) is 2. The van der Waals surface area contributed by atoms with E-state index >= 15 is 0 Å². The SMILES string of the molecule is CC[n+]1ccccc1-c1cccc[n+]1CCCC[n+]1ccccc1-c1cccc[n+]1CCCC[n+]1ccccc1-c1cccc[n+]1CC. The molecule has 0 radical (unpaired) electrons. The van der Waals surface area contributed by atoms with Crippen molar-refractivity contribution in [3.05, 3.63) is 146 Å². The van der Waals surface area contributed by atoms with E-state index in [1.54, 1.807) is 0 Å². The number of rotatable bonds is 15. The van der Waals surface area contributed by atoms with E-state index in [2.05, 4.69) is 188 Å². The summed E-state index contributed by atoms with van der Waals surface area (Å²) in [5, 5.41) is 0. The Balaban J connectivity index is 1.09. The lowest BCUT2D eigenvalue weighted by molar-refractivity contribution is -0.722. The summed E-state index contributed by atoms with van der Waals surface area (Å²) in [5.74, 6) is 0. The Morgan fingerprint density at radius 3 is 0.729 bits per heavy atom. The van der Waals surface area contributed by atoms with Crippen molar-refractivity contribution in [1.82, 2.24) is 0 Å². The summed E-state index contributed by atoms with van der Waals surface area (Å²) in [6.07, 6.45) is 17.7. The molecule has 6 heteroatoms. The van der Waals surface area contributed by atoms with Gasteiger partial charge in [0.25, 0.3) is 34.2 Å². The van der Waals surface area contributed by atoms with E-state index in [9.17, 15) is 0 Å². The minimum Gasteiger partial charge on any atom is -0.193 e. The zero-order valence-corrected chi connectivity index (χ0v) is 28.6. The molecule has 6 nitrogen and oxygen atoms in total. The third kappa shape index (κ3) is 7.88. The van der Waals surface area contributed by atoms with Crippen LogP contribution in [0.15, 0.2) is 146 Å². The maximum absolute atomic E-state index is 2.43. The van der Waals surface area contributed by atoms with Crippen molar-refractivity contribution in [2.75, 3.05) is 0 Å². The van der Waals surface area contributed by atoms with E-state index < -0.39 is 0 Å². The molecular formula is C42H50N6+6. The van der Waals surface area contributed by atoms with E-state index in [1.165, 1.54) is 34.2 Å². The Hall–Kier alpha value is -5.10. The van der Waals surface area contributed by atoms with Crippen LogP contribution in [0.5, 0.6) is 0 Å². The van der Waals surface area contributed by atoms with Gasteiger partial charge in [0.15, 0.2) is 37.2 Å². The fourth-order valence-corrected chi connectivity index (χ4v) is 6.71. The van der Waals surface area contributed by atoms with Gasteiger partial charge in [-0.1, -0.05) is 0 Å². The Labute approximate surface area is 286 Å². The van der Waals surface area contributed by atoms with Gasteiger partial charge >= 0.3 is 0 Å². The average molecular weight is 639 g/mol. The van der Waals surface area contributed by atoms with Crippen LogP contribution in [0.25, 0.3) is 34.2 Å². The monoisotopic (exact) mass is 638 g/mol. The van der Waals surface area contributed by atoms with Gasteiger partial charge in [-0.25, -0.2) is 0 Å². The van der Waals surface area contributed by atoms with Gasteiger partial charge in [0.05, 0.1) is 0 Å². The van der Waals surface area contributed by atoms with Gasteiger partial charge in [-0.3, -0.25) is 0 Å². The van der Waals surface area contributed by atoms with Crippen LogP contribution in [0.1, 0.15) is 39.5 Å². The highest BCUT2D eigenvalue weighted by Gasteiger charge is 2.25. The number of nitrogens with zero attached hydrogens (tertiary/aromatic N) is 6. The summed E-state index contributed by atoms with van der Waals surface area (Å²) in [6.45, 7) is 10.3. The second-order valence-electron chi connectivity index (χ2n) is 12.3. The van der Waals surface area contributed by atoms with Crippen LogP contribution in [-0.4, -0.2) is 0 Å². The van der Waals surface area contributed by atoms with Crippen molar-refractivity contribution >= 4 is 0 Å². The average Bonchev–Trinajstić information content (AvgIpc) is 3.16. The molecule has 0 aliphatic rings. The first-order valence-electron chi connectivity index (χ1n) is 17.7. The van der Waals surface area contributed by atoms with Gasteiger partial charge in [0, 0.05) is 98.5 Å². The molecule has 6 rings (SSSR count). The number of hydrogen-bond donors (Lipinski definition) is 0. The molecule has 0 aromatic carbocycles. The minimum atomic E-state index is 0.957. The van der Waals surface area contributed by atoms with Gasteiger partial charge < -0.3 is 0 Å². The molecular weight excluding hydrogens is 589 g/mol. The third-order valence-corrected chi connectivity index (χ3v) is 9.21. The fraction of sp³-hybridized carbons (Fsp3) is 0.286. The van der Waals surface area contributed by atoms with Crippen molar-refractivity contribution in [2.45, 2.75) is 78.8 Å². The van der Waals surface area contributed by atoms with Crippen LogP contribution < -0.4 is 27.4 Å². The molecule has 0 N–H and O–H groups in total. The van der Waals surface area contributed by atoms with Crippen LogP contribution in [0.4, 0.5) is 0 Å². The summed E-state index contributed by atoms with van der Waals surface area (Å²) >= 11 is 0. The van der Waals surface area contributed by atoms with Crippen LogP contribution in [0.2, 0.25) is 0 Å². The summed E-state index contributed by atoms with van der Waals surface area (Å²) in [5.41, 5.74) is 7.60. The third-order valence-electron chi connectivity index (χ3n) is 9.21. The van der Waals surface area contributed by atoms with Gasteiger partial charge in [0.2, 0.25) is 0 Å². The lowest BCUT2D eigenvalue weighted by Gasteiger charge is -2.06. The van der Waals surface area contributed by atoms with E-state index in [4.69, 9.17) is 0 Å². The molecule has 242 valence electrons. The van der Waals surface area contributed by atoms with Crippen LogP contribution >= 0.6 is 0 Å². The molecule has 0 atom stereocenters. The largest absolute Gasteiger partial charge is 0.277 e. The number of pyridine rings is 6. The van der Waals surface area contributed by atoms with Crippen molar-refractivity contribution in [3.63, 3.8) is 0 Å². The fourth-order valence-electron chi connectivity index (χ4n) is 6.71. The zero-order valence-electron chi connectivity index (χ0n) is 28.6. The Kier molecular flexibility index (Phi) is 11.4. The molecule has 0 aliphatic carbocycles. The normalized spacial score (nSPS) is 11.1. The van der Waals surface area contributed by atoms with Gasteiger partial charge in [-0.15, -0.1) is 0 Å². The summed E-state index contributed by atoms with van der Waals surface area (Å²) in [7, 11) is 0. The minimum absolute atomic E-state index is 0.957. The van der Waals surface area contributed by atoms with Crippen LogP contribution in [0.3, 0.4) is 0 Å². The molecule has 0 fully saturated rings. The molecule has 6 aromatic rings. The summed E-state index contributed by atoms with van der Waals surface area (Å²) < 4.78 is 14.3. The quantitative estimate of drug-likeness (QED) is 0.106.